The second-order valence-corrected chi connectivity index (χ2v) is 3.80. The van der Waals surface area contributed by atoms with Gasteiger partial charge in [0.15, 0.2) is 0 Å². The topological polar surface area (TPSA) is 110 Å². The maximum absolute atomic E-state index is 11.9. The van der Waals surface area contributed by atoms with Gasteiger partial charge in [-0.3, -0.25) is 20.0 Å². The zero-order valence-corrected chi connectivity index (χ0v) is 10.6. The van der Waals surface area contributed by atoms with Crippen LogP contribution in [0.1, 0.15) is 17.4 Å². The van der Waals surface area contributed by atoms with E-state index in [4.69, 9.17) is 4.74 Å². The van der Waals surface area contributed by atoms with Crippen LogP contribution in [0, 0.1) is 10.1 Å². The lowest BCUT2D eigenvalue weighted by molar-refractivity contribution is -0.385. The third kappa shape index (κ3) is 2.91. The number of hydrogen-bond acceptors (Lipinski definition) is 5. The highest BCUT2D eigenvalue weighted by Crippen LogP contribution is 2.19. The van der Waals surface area contributed by atoms with Gasteiger partial charge in [-0.25, -0.2) is 0 Å². The summed E-state index contributed by atoms with van der Waals surface area (Å²) in [6.07, 6.45) is 0.993. The Morgan fingerprint density at radius 3 is 2.75 bits per heavy atom. The number of aromatic amines is 1. The Hall–Kier alpha value is -2.90. The minimum absolute atomic E-state index is 0.191. The summed E-state index contributed by atoms with van der Waals surface area (Å²) in [7, 11) is 0. The molecule has 0 saturated carbocycles. The van der Waals surface area contributed by atoms with Crippen LogP contribution in [0.5, 0.6) is 5.75 Å². The first kappa shape index (κ1) is 13.5. The third-order valence-electron chi connectivity index (χ3n) is 2.47. The van der Waals surface area contributed by atoms with Gasteiger partial charge in [-0.05, 0) is 31.2 Å². The molecular formula is C12H12N4O4. The Kier molecular flexibility index (Phi) is 3.94. The molecule has 2 rings (SSSR count). The number of carbonyl (C=O) groups is 1. The van der Waals surface area contributed by atoms with Crippen LogP contribution in [-0.2, 0) is 0 Å². The summed E-state index contributed by atoms with van der Waals surface area (Å²) >= 11 is 0. The third-order valence-corrected chi connectivity index (χ3v) is 2.47. The average molecular weight is 276 g/mol. The lowest BCUT2D eigenvalue weighted by Gasteiger charge is -2.06. The van der Waals surface area contributed by atoms with Crippen molar-refractivity contribution in [3.63, 3.8) is 0 Å². The smallest absolute Gasteiger partial charge is 0.319 e. The number of hydrogen-bond donors (Lipinski definition) is 2. The summed E-state index contributed by atoms with van der Waals surface area (Å²) in [4.78, 5) is 21.9. The number of H-pyrrole nitrogens is 1. The molecule has 0 radical (unpaired) electrons. The molecule has 1 heterocycles. The SMILES string of the molecule is CCOc1ccc(NC(=O)c2[nH]ncc2[N+](=O)[O-])cc1. The molecule has 0 spiro atoms. The number of anilines is 1. The molecule has 0 bridgehead atoms. The van der Waals surface area contributed by atoms with Gasteiger partial charge < -0.3 is 10.1 Å². The van der Waals surface area contributed by atoms with Crippen molar-refractivity contribution >= 4 is 17.3 Å². The van der Waals surface area contributed by atoms with Crippen molar-refractivity contribution in [2.45, 2.75) is 6.92 Å². The molecule has 0 saturated heterocycles. The van der Waals surface area contributed by atoms with Crippen LogP contribution in [0.15, 0.2) is 30.5 Å². The number of amides is 1. The summed E-state index contributed by atoms with van der Waals surface area (Å²) in [6.45, 7) is 2.42. The van der Waals surface area contributed by atoms with Crippen molar-refractivity contribution in [1.29, 1.82) is 0 Å². The van der Waals surface area contributed by atoms with E-state index < -0.39 is 10.8 Å². The minimum Gasteiger partial charge on any atom is -0.494 e. The van der Waals surface area contributed by atoms with E-state index in [2.05, 4.69) is 15.5 Å². The molecule has 20 heavy (non-hydrogen) atoms. The second kappa shape index (κ2) is 5.83. The highest BCUT2D eigenvalue weighted by atomic mass is 16.6. The molecule has 0 aliphatic carbocycles. The van der Waals surface area contributed by atoms with E-state index in [1.54, 1.807) is 24.3 Å². The van der Waals surface area contributed by atoms with Gasteiger partial charge in [0, 0.05) is 5.69 Å². The fourth-order valence-electron chi connectivity index (χ4n) is 1.58. The molecule has 2 N–H and O–H groups in total. The van der Waals surface area contributed by atoms with Gasteiger partial charge in [-0.2, -0.15) is 5.10 Å². The molecular weight excluding hydrogens is 264 g/mol. The van der Waals surface area contributed by atoms with E-state index in [1.165, 1.54) is 0 Å². The number of aromatic nitrogens is 2. The van der Waals surface area contributed by atoms with Gasteiger partial charge in [-0.1, -0.05) is 0 Å². The standard InChI is InChI=1S/C12H12N4O4/c1-2-20-9-5-3-8(4-6-9)14-12(17)11-10(16(18)19)7-13-15-11/h3-7H,2H2,1H3,(H,13,15)(H,14,17). The maximum atomic E-state index is 11.9. The van der Waals surface area contributed by atoms with Crippen molar-refractivity contribution in [3.05, 3.63) is 46.3 Å². The number of nitro groups is 1. The molecule has 104 valence electrons. The Morgan fingerprint density at radius 1 is 1.45 bits per heavy atom. The summed E-state index contributed by atoms with van der Waals surface area (Å²) in [5.74, 6) is 0.0522. The first-order valence-corrected chi connectivity index (χ1v) is 5.83. The first-order chi connectivity index (χ1) is 9.61. The normalized spacial score (nSPS) is 10.1. The second-order valence-electron chi connectivity index (χ2n) is 3.80. The van der Waals surface area contributed by atoms with Crippen molar-refractivity contribution in [2.75, 3.05) is 11.9 Å². The molecule has 8 nitrogen and oxygen atoms in total. The van der Waals surface area contributed by atoms with Gasteiger partial charge >= 0.3 is 5.69 Å². The Bertz CT molecular complexity index is 621. The predicted octanol–water partition coefficient (Wildman–Crippen LogP) is 1.97. The summed E-state index contributed by atoms with van der Waals surface area (Å²) in [5.41, 5.74) is -0.0559. The van der Waals surface area contributed by atoms with E-state index in [1.807, 2.05) is 6.92 Å². The van der Waals surface area contributed by atoms with E-state index in [0.29, 0.717) is 18.0 Å². The summed E-state index contributed by atoms with van der Waals surface area (Å²) in [5, 5.41) is 19.1. The molecule has 1 amide bonds. The van der Waals surface area contributed by atoms with Crippen molar-refractivity contribution < 1.29 is 14.5 Å². The first-order valence-electron chi connectivity index (χ1n) is 5.83. The highest BCUT2D eigenvalue weighted by molar-refractivity contribution is 6.05. The summed E-state index contributed by atoms with van der Waals surface area (Å²) < 4.78 is 5.27. The summed E-state index contributed by atoms with van der Waals surface area (Å²) in [6, 6.07) is 6.68. The molecule has 1 aromatic heterocycles. The molecule has 0 atom stereocenters. The molecule has 0 unspecified atom stereocenters. The van der Waals surface area contributed by atoms with Gasteiger partial charge in [0.05, 0.1) is 11.5 Å². The van der Waals surface area contributed by atoms with Crippen LogP contribution in [0.25, 0.3) is 0 Å². The zero-order valence-electron chi connectivity index (χ0n) is 10.6. The maximum Gasteiger partial charge on any atom is 0.319 e. The van der Waals surface area contributed by atoms with Crippen LogP contribution in [-0.4, -0.2) is 27.6 Å². The Balaban J connectivity index is 2.11. The average Bonchev–Trinajstić information content (AvgIpc) is 2.91. The zero-order chi connectivity index (χ0) is 14.5. The van der Waals surface area contributed by atoms with Crippen LogP contribution in [0.2, 0.25) is 0 Å². The fraction of sp³-hybridized carbons (Fsp3) is 0.167. The van der Waals surface area contributed by atoms with Crippen molar-refractivity contribution in [1.82, 2.24) is 10.2 Å². The number of rotatable bonds is 5. The lowest BCUT2D eigenvalue weighted by atomic mass is 10.3. The monoisotopic (exact) mass is 276 g/mol. The van der Waals surface area contributed by atoms with Crippen molar-refractivity contribution in [2.24, 2.45) is 0 Å². The van der Waals surface area contributed by atoms with E-state index in [-0.39, 0.29) is 11.4 Å². The van der Waals surface area contributed by atoms with E-state index in [0.717, 1.165) is 6.20 Å². The van der Waals surface area contributed by atoms with E-state index in [9.17, 15) is 14.9 Å². The molecule has 8 heteroatoms. The number of ether oxygens (including phenoxy) is 1. The molecule has 0 fully saturated rings. The largest absolute Gasteiger partial charge is 0.494 e. The number of nitrogens with one attached hydrogen (secondary N) is 2. The van der Waals surface area contributed by atoms with Crippen LogP contribution < -0.4 is 10.1 Å². The van der Waals surface area contributed by atoms with Crippen LogP contribution >= 0.6 is 0 Å². The van der Waals surface area contributed by atoms with Gasteiger partial charge in [0.1, 0.15) is 11.9 Å². The molecule has 1 aromatic carbocycles. The van der Waals surface area contributed by atoms with Gasteiger partial charge in [-0.15, -0.1) is 0 Å². The fourth-order valence-corrected chi connectivity index (χ4v) is 1.58. The Labute approximate surface area is 113 Å². The minimum atomic E-state index is -0.670. The van der Waals surface area contributed by atoms with Gasteiger partial charge in [0.25, 0.3) is 5.91 Å². The molecule has 0 aliphatic heterocycles. The number of carbonyl (C=O) groups excluding carboxylic acids is 1. The predicted molar refractivity (Wildman–Crippen MR) is 70.8 cm³/mol. The lowest BCUT2D eigenvalue weighted by Crippen LogP contribution is -2.14. The van der Waals surface area contributed by atoms with Crippen LogP contribution in [0.4, 0.5) is 11.4 Å². The number of benzene rings is 1. The quantitative estimate of drug-likeness (QED) is 0.640. The molecule has 2 aromatic rings. The Morgan fingerprint density at radius 2 is 2.15 bits per heavy atom. The van der Waals surface area contributed by atoms with Crippen LogP contribution in [0.3, 0.4) is 0 Å². The highest BCUT2D eigenvalue weighted by Gasteiger charge is 2.22. The number of nitrogens with zero attached hydrogens (tertiary/aromatic N) is 2. The van der Waals surface area contributed by atoms with Gasteiger partial charge in [0.2, 0.25) is 5.69 Å². The van der Waals surface area contributed by atoms with Crippen molar-refractivity contribution in [3.8, 4) is 5.75 Å². The van der Waals surface area contributed by atoms with E-state index >= 15 is 0 Å². The molecule has 0 aliphatic rings.